The van der Waals surface area contributed by atoms with Crippen LogP contribution >= 0.6 is 11.8 Å². The highest BCUT2D eigenvalue weighted by Gasteiger charge is 2.24. The zero-order valence-electron chi connectivity index (χ0n) is 8.47. The Morgan fingerprint density at radius 1 is 1.25 bits per heavy atom. The fraction of sp³-hybridized carbons (Fsp3) is 1.00. The third-order valence-corrected chi connectivity index (χ3v) is 3.87. The lowest BCUT2D eigenvalue weighted by atomic mass is 9.86. The SMILES string of the molecule is CNC(C(C)C)C1CCSCC1. The number of nitrogens with one attached hydrogen (secondary N) is 1. The van der Waals surface area contributed by atoms with Gasteiger partial charge in [0.1, 0.15) is 0 Å². The molecule has 0 aromatic carbocycles. The molecular weight excluding hydrogens is 166 g/mol. The topological polar surface area (TPSA) is 12.0 Å². The van der Waals surface area contributed by atoms with Crippen LogP contribution in [0.2, 0.25) is 0 Å². The summed E-state index contributed by atoms with van der Waals surface area (Å²) >= 11 is 2.11. The Morgan fingerprint density at radius 3 is 2.25 bits per heavy atom. The fourth-order valence-corrected chi connectivity index (χ4v) is 3.33. The smallest absolute Gasteiger partial charge is 0.0116 e. The summed E-state index contributed by atoms with van der Waals surface area (Å²) in [6.45, 7) is 4.64. The maximum Gasteiger partial charge on any atom is 0.0116 e. The van der Waals surface area contributed by atoms with Crippen molar-refractivity contribution in [3.63, 3.8) is 0 Å². The minimum absolute atomic E-state index is 0.742. The van der Waals surface area contributed by atoms with Gasteiger partial charge in [0.15, 0.2) is 0 Å². The molecule has 2 heteroatoms. The van der Waals surface area contributed by atoms with Crippen molar-refractivity contribution in [1.82, 2.24) is 5.32 Å². The van der Waals surface area contributed by atoms with E-state index in [1.165, 1.54) is 24.3 Å². The third-order valence-electron chi connectivity index (χ3n) is 2.83. The van der Waals surface area contributed by atoms with Crippen LogP contribution in [0.25, 0.3) is 0 Å². The Hall–Kier alpha value is 0.310. The average molecular weight is 187 g/mol. The van der Waals surface area contributed by atoms with Gasteiger partial charge < -0.3 is 5.32 Å². The first-order chi connectivity index (χ1) is 5.75. The Labute approximate surface area is 80.7 Å². The van der Waals surface area contributed by atoms with Crippen LogP contribution in [0, 0.1) is 11.8 Å². The van der Waals surface area contributed by atoms with Crippen LogP contribution in [-0.4, -0.2) is 24.6 Å². The van der Waals surface area contributed by atoms with Gasteiger partial charge in [0.2, 0.25) is 0 Å². The quantitative estimate of drug-likeness (QED) is 0.728. The lowest BCUT2D eigenvalue weighted by molar-refractivity contribution is 0.282. The first kappa shape index (κ1) is 10.4. The minimum Gasteiger partial charge on any atom is -0.316 e. The molecule has 1 N–H and O–H groups in total. The van der Waals surface area contributed by atoms with Crippen molar-refractivity contribution in [2.45, 2.75) is 32.7 Å². The van der Waals surface area contributed by atoms with Crippen molar-refractivity contribution in [2.24, 2.45) is 11.8 Å². The highest BCUT2D eigenvalue weighted by molar-refractivity contribution is 7.99. The summed E-state index contributed by atoms with van der Waals surface area (Å²) in [5, 5.41) is 3.46. The van der Waals surface area contributed by atoms with Crippen LogP contribution in [0.15, 0.2) is 0 Å². The van der Waals surface area contributed by atoms with Crippen LogP contribution in [0.1, 0.15) is 26.7 Å². The van der Waals surface area contributed by atoms with Gasteiger partial charge in [0.05, 0.1) is 0 Å². The molecule has 1 saturated heterocycles. The average Bonchev–Trinajstić information content (AvgIpc) is 2.07. The molecule has 0 aliphatic carbocycles. The molecule has 0 aromatic rings. The van der Waals surface area contributed by atoms with E-state index in [0.29, 0.717) is 0 Å². The van der Waals surface area contributed by atoms with E-state index in [2.05, 4.69) is 38.0 Å². The van der Waals surface area contributed by atoms with Crippen molar-refractivity contribution in [3.8, 4) is 0 Å². The van der Waals surface area contributed by atoms with Gasteiger partial charge in [-0.2, -0.15) is 11.8 Å². The van der Waals surface area contributed by atoms with Crippen molar-refractivity contribution < 1.29 is 0 Å². The summed E-state index contributed by atoms with van der Waals surface area (Å²) in [4.78, 5) is 0. The van der Waals surface area contributed by atoms with E-state index in [4.69, 9.17) is 0 Å². The molecule has 1 aliphatic heterocycles. The summed E-state index contributed by atoms with van der Waals surface area (Å²) in [5.74, 6) is 4.45. The van der Waals surface area contributed by atoms with Crippen LogP contribution in [0.5, 0.6) is 0 Å². The molecule has 1 aliphatic rings. The molecule has 0 amide bonds. The molecule has 1 heterocycles. The number of hydrogen-bond donors (Lipinski definition) is 1. The van der Waals surface area contributed by atoms with Gasteiger partial charge in [-0.3, -0.25) is 0 Å². The van der Waals surface area contributed by atoms with Gasteiger partial charge in [-0.05, 0) is 43.2 Å². The largest absolute Gasteiger partial charge is 0.316 e. The Balaban J connectivity index is 2.40. The zero-order valence-corrected chi connectivity index (χ0v) is 9.29. The van der Waals surface area contributed by atoms with Crippen LogP contribution < -0.4 is 5.32 Å². The van der Waals surface area contributed by atoms with E-state index in [1.54, 1.807) is 0 Å². The molecule has 1 unspecified atom stereocenters. The molecule has 1 rings (SSSR count). The molecule has 0 radical (unpaired) electrons. The zero-order chi connectivity index (χ0) is 8.97. The van der Waals surface area contributed by atoms with Gasteiger partial charge in [-0.1, -0.05) is 13.8 Å². The molecular formula is C10H21NS. The molecule has 72 valence electrons. The Bertz CT molecular complexity index is 119. The molecule has 1 atom stereocenters. The highest BCUT2D eigenvalue weighted by Crippen LogP contribution is 2.28. The molecule has 12 heavy (non-hydrogen) atoms. The lowest BCUT2D eigenvalue weighted by Gasteiger charge is -2.32. The molecule has 1 fully saturated rings. The van der Waals surface area contributed by atoms with E-state index >= 15 is 0 Å². The van der Waals surface area contributed by atoms with Gasteiger partial charge in [-0.15, -0.1) is 0 Å². The van der Waals surface area contributed by atoms with E-state index < -0.39 is 0 Å². The third kappa shape index (κ3) is 2.67. The number of hydrogen-bond acceptors (Lipinski definition) is 2. The maximum absolute atomic E-state index is 3.46. The van der Waals surface area contributed by atoms with Gasteiger partial charge in [0, 0.05) is 6.04 Å². The van der Waals surface area contributed by atoms with E-state index in [0.717, 1.165) is 17.9 Å². The first-order valence-corrected chi connectivity index (χ1v) is 6.16. The highest BCUT2D eigenvalue weighted by atomic mass is 32.2. The standard InChI is InChI=1S/C10H21NS/c1-8(2)10(11-3)9-4-6-12-7-5-9/h8-11H,4-7H2,1-3H3. The van der Waals surface area contributed by atoms with E-state index in [9.17, 15) is 0 Å². The molecule has 0 saturated carbocycles. The summed E-state index contributed by atoms with van der Waals surface area (Å²) in [6.07, 6.45) is 2.82. The van der Waals surface area contributed by atoms with Crippen molar-refractivity contribution in [2.75, 3.05) is 18.6 Å². The number of rotatable bonds is 3. The minimum atomic E-state index is 0.742. The normalized spacial score (nSPS) is 23.0. The molecule has 1 nitrogen and oxygen atoms in total. The van der Waals surface area contributed by atoms with Crippen LogP contribution in [-0.2, 0) is 0 Å². The van der Waals surface area contributed by atoms with Crippen LogP contribution in [0.4, 0.5) is 0 Å². The van der Waals surface area contributed by atoms with Crippen LogP contribution in [0.3, 0.4) is 0 Å². The fourth-order valence-electron chi connectivity index (χ4n) is 2.19. The Morgan fingerprint density at radius 2 is 1.83 bits per heavy atom. The Kier molecular flexibility index (Phi) is 4.44. The summed E-state index contributed by atoms with van der Waals surface area (Å²) < 4.78 is 0. The summed E-state index contributed by atoms with van der Waals surface area (Å²) in [7, 11) is 2.10. The van der Waals surface area contributed by atoms with Crippen molar-refractivity contribution >= 4 is 11.8 Å². The maximum atomic E-state index is 3.46. The lowest BCUT2D eigenvalue weighted by Crippen LogP contribution is -2.39. The number of thioether (sulfide) groups is 1. The predicted octanol–water partition coefficient (Wildman–Crippen LogP) is 2.37. The summed E-state index contributed by atoms with van der Waals surface area (Å²) in [6, 6.07) is 0.742. The summed E-state index contributed by atoms with van der Waals surface area (Å²) in [5.41, 5.74) is 0. The second-order valence-electron chi connectivity index (χ2n) is 4.01. The molecule has 0 bridgehead atoms. The molecule has 0 spiro atoms. The van der Waals surface area contributed by atoms with Crippen molar-refractivity contribution in [3.05, 3.63) is 0 Å². The van der Waals surface area contributed by atoms with Gasteiger partial charge >= 0.3 is 0 Å². The molecule has 0 aromatic heterocycles. The monoisotopic (exact) mass is 187 g/mol. The second kappa shape index (κ2) is 5.13. The van der Waals surface area contributed by atoms with E-state index in [1.807, 2.05) is 0 Å². The van der Waals surface area contributed by atoms with Gasteiger partial charge in [-0.25, -0.2) is 0 Å². The van der Waals surface area contributed by atoms with Gasteiger partial charge in [0.25, 0.3) is 0 Å². The van der Waals surface area contributed by atoms with Crippen molar-refractivity contribution in [1.29, 1.82) is 0 Å². The predicted molar refractivity (Wildman–Crippen MR) is 57.7 cm³/mol. The first-order valence-electron chi connectivity index (χ1n) is 5.00. The second-order valence-corrected chi connectivity index (χ2v) is 5.23. The van der Waals surface area contributed by atoms with E-state index in [-0.39, 0.29) is 0 Å².